The minimum absolute atomic E-state index is 0.250. The summed E-state index contributed by atoms with van der Waals surface area (Å²) in [5.41, 5.74) is 23.3. The van der Waals surface area contributed by atoms with Crippen LogP contribution in [0.4, 0.5) is 0 Å². The molecule has 9 heterocycles. The highest BCUT2D eigenvalue weighted by Crippen LogP contribution is 2.51. The van der Waals surface area contributed by atoms with Crippen molar-refractivity contribution in [3.05, 3.63) is 0 Å². The Morgan fingerprint density at radius 2 is 1.00 bits per heavy atom. The van der Waals surface area contributed by atoms with Gasteiger partial charge in [0.05, 0.1) is 0 Å². The number of nitrogens with one attached hydrogen (secondary N) is 4. The van der Waals surface area contributed by atoms with Crippen molar-refractivity contribution in [2.45, 2.75) is 127 Å². The zero-order chi connectivity index (χ0) is 53.3. The first-order valence-corrected chi connectivity index (χ1v) is 29.2. The van der Waals surface area contributed by atoms with Crippen molar-refractivity contribution in [1.29, 1.82) is 0 Å². The third-order valence-corrected chi connectivity index (χ3v) is 16.5. The molecule has 0 amide bonds. The molecule has 12 N–H and O–H groups in total. The van der Waals surface area contributed by atoms with Crippen LogP contribution in [0.25, 0.3) is 0 Å². The highest BCUT2D eigenvalue weighted by molar-refractivity contribution is 5.07. The molecule has 428 valence electrons. The van der Waals surface area contributed by atoms with Gasteiger partial charge in [0.25, 0.3) is 0 Å². The molecule has 0 aromatic rings. The lowest BCUT2D eigenvalue weighted by atomic mass is 9.94. The molecule has 11 fully saturated rings. The van der Waals surface area contributed by atoms with Gasteiger partial charge in [-0.1, -0.05) is 0 Å². The fourth-order valence-corrected chi connectivity index (χ4v) is 11.2. The number of likely N-dealkylation sites (tertiary alicyclic amines) is 4. The number of rotatable bonds is 1. The van der Waals surface area contributed by atoms with Crippen molar-refractivity contribution in [2.24, 2.45) is 40.2 Å². The lowest BCUT2D eigenvalue weighted by Gasteiger charge is -2.33. The van der Waals surface area contributed by atoms with Crippen LogP contribution in [0.15, 0.2) is 0 Å². The van der Waals surface area contributed by atoms with Crippen molar-refractivity contribution in [2.75, 3.05) is 214 Å². The van der Waals surface area contributed by atoms with Crippen molar-refractivity contribution >= 4 is 0 Å². The standard InChI is InChI=1S/C8H16N2.C7H14N2.2C7H16N2.2C6H14N2.2C5H12N2.C4H9N/c1-10-5-7-3-2-4-9-8(7)6-10;1-9-4-6(8)7(5-9)2-3-7;1-6-4-9(3)5-7(2)8-6;1-9-4-2-3-7(5-8)6-9;1-7-3-5-8(2)6-4-7;1-6-5-8(2)4-3-7-6;1-7-4-2-6-3-5-7;1-7-3-2-5(6)4-7;1-4(5)2-3-4/h7-9H,2-6H2,1H3;6H,2-5,8H2,1H3;6-8H,4-5H2,1-3H3;7H,2-6,8H2,1H3;3-6H2,1-2H3;6-7H,3-5H2,1-2H3;6H,2-5H2,1H3;5H,2-4,6H2,1H3;2-3,5H2,1H3/t;6-;;;;;;;/m.0......./s1. The van der Waals surface area contributed by atoms with Crippen molar-refractivity contribution in [3.63, 3.8) is 0 Å². The molecule has 0 aromatic heterocycles. The molecule has 8 atom stereocenters. The molecule has 72 heavy (non-hydrogen) atoms. The lowest BCUT2D eigenvalue weighted by molar-refractivity contribution is 0.181. The molecule has 17 nitrogen and oxygen atoms in total. The quantitative estimate of drug-likeness (QED) is 0.180. The second kappa shape index (κ2) is 35.0. The first kappa shape index (κ1) is 65.6. The first-order valence-electron chi connectivity index (χ1n) is 29.2. The van der Waals surface area contributed by atoms with E-state index in [9.17, 15) is 0 Å². The minimum atomic E-state index is 0.250. The minimum Gasteiger partial charge on any atom is -0.330 e. The lowest BCUT2D eigenvalue weighted by Crippen LogP contribution is -2.52. The van der Waals surface area contributed by atoms with E-state index in [1.807, 2.05) is 0 Å². The van der Waals surface area contributed by atoms with Crippen LogP contribution in [0.3, 0.4) is 0 Å². The molecule has 2 aliphatic carbocycles. The largest absolute Gasteiger partial charge is 0.330 e. The molecule has 7 unspecified atom stereocenters. The Morgan fingerprint density at radius 1 is 0.472 bits per heavy atom. The number of hydrogen-bond donors (Lipinski definition) is 8. The van der Waals surface area contributed by atoms with Crippen molar-refractivity contribution in [3.8, 4) is 0 Å². The topological polar surface area (TPSA) is 181 Å². The third kappa shape index (κ3) is 29.7. The number of hydrogen-bond acceptors (Lipinski definition) is 17. The van der Waals surface area contributed by atoms with Gasteiger partial charge in [-0.25, -0.2) is 0 Å². The van der Waals surface area contributed by atoms with Gasteiger partial charge >= 0.3 is 0 Å². The molecule has 0 aromatic carbocycles. The maximum Gasteiger partial charge on any atom is 0.0237 e. The molecule has 2 saturated carbocycles. The van der Waals surface area contributed by atoms with E-state index < -0.39 is 0 Å². The van der Waals surface area contributed by atoms with E-state index in [0.29, 0.717) is 35.6 Å². The van der Waals surface area contributed by atoms with Gasteiger partial charge in [-0.15, -0.1) is 0 Å². The maximum atomic E-state index is 5.92. The van der Waals surface area contributed by atoms with Gasteiger partial charge in [-0.3, -0.25) is 0 Å². The second-order valence-corrected chi connectivity index (χ2v) is 25.3. The number of nitrogens with zero attached hydrogens (tertiary/aromatic N) is 9. The zero-order valence-electron chi connectivity index (χ0n) is 49.6. The summed E-state index contributed by atoms with van der Waals surface area (Å²) in [7, 11) is 19.5. The summed E-state index contributed by atoms with van der Waals surface area (Å²) in [6.07, 6.45) is 11.9. The normalized spacial score (nSPS) is 34.0. The number of piperazine rings is 4. The van der Waals surface area contributed by atoms with E-state index in [0.717, 1.165) is 57.1 Å². The Kier molecular flexibility index (Phi) is 31.8. The van der Waals surface area contributed by atoms with E-state index in [4.69, 9.17) is 22.9 Å². The molecular formula is C55H123N17. The zero-order valence-corrected chi connectivity index (χ0v) is 49.6. The van der Waals surface area contributed by atoms with Gasteiger partial charge in [0.1, 0.15) is 0 Å². The summed E-state index contributed by atoms with van der Waals surface area (Å²) in [4.78, 5) is 21.2. The van der Waals surface area contributed by atoms with Crippen LogP contribution in [0.5, 0.6) is 0 Å². The highest BCUT2D eigenvalue weighted by Gasteiger charge is 2.52. The SMILES string of the molecule is CC1(N)CC1.CC1CN(C)CC(C)N1.CC1CN(C)CCN1.CN1CC2CCCNC2C1.CN1CCC(N)C1.CN1CCCC(CN)C1.CN1CCN(C)CC1.CN1CCNCC1.CN1C[C@H](N)C2(CC2)C1. The van der Waals surface area contributed by atoms with Gasteiger partial charge in [-0.2, -0.15) is 0 Å². The summed E-state index contributed by atoms with van der Waals surface area (Å²) in [6, 6.07) is 3.76. The third-order valence-electron chi connectivity index (χ3n) is 16.5. The number of piperidine rings is 2. The van der Waals surface area contributed by atoms with E-state index in [1.54, 1.807) is 0 Å². The van der Waals surface area contributed by atoms with E-state index in [1.165, 1.54) is 169 Å². The Labute approximate surface area is 445 Å². The molecule has 11 aliphatic rings. The average Bonchev–Trinajstić information content (AvgIpc) is 4.12. The molecule has 1 spiro atoms. The van der Waals surface area contributed by atoms with Crippen LogP contribution >= 0.6 is 0 Å². The van der Waals surface area contributed by atoms with Gasteiger partial charge in [-0.05, 0) is 192 Å². The summed E-state index contributed by atoms with van der Waals surface area (Å²) in [5.74, 6) is 1.72. The molecule has 0 bridgehead atoms. The van der Waals surface area contributed by atoms with E-state index >= 15 is 0 Å². The molecule has 17 heteroatoms. The fraction of sp³-hybridized carbons (Fsp3) is 1.00. The van der Waals surface area contributed by atoms with Gasteiger partial charge in [0, 0.05) is 166 Å². The Hall–Kier alpha value is -0.680. The molecule has 0 radical (unpaired) electrons. The Morgan fingerprint density at radius 3 is 1.35 bits per heavy atom. The predicted octanol–water partition coefficient (Wildman–Crippen LogP) is 0.366. The Balaban J connectivity index is 0.000000215. The van der Waals surface area contributed by atoms with E-state index in [2.05, 4.69) is 156 Å². The summed E-state index contributed by atoms with van der Waals surface area (Å²) < 4.78 is 0. The predicted molar refractivity (Wildman–Crippen MR) is 310 cm³/mol. The maximum absolute atomic E-state index is 5.92. The van der Waals surface area contributed by atoms with Crippen LogP contribution in [0, 0.1) is 17.3 Å². The highest BCUT2D eigenvalue weighted by atomic mass is 15.2. The van der Waals surface area contributed by atoms with Crippen LogP contribution in [-0.2, 0) is 0 Å². The Bertz CT molecular complexity index is 1270. The molecule has 9 aliphatic heterocycles. The molecule has 9 saturated heterocycles. The smallest absolute Gasteiger partial charge is 0.0237 e. The van der Waals surface area contributed by atoms with Crippen LogP contribution < -0.4 is 44.2 Å². The fourth-order valence-electron chi connectivity index (χ4n) is 11.2. The first-order chi connectivity index (χ1) is 34.1. The van der Waals surface area contributed by atoms with Crippen molar-refractivity contribution in [1.82, 2.24) is 65.4 Å². The monoisotopic (exact) mass is 1020 g/mol. The average molecular weight is 1020 g/mol. The second-order valence-electron chi connectivity index (χ2n) is 25.3. The van der Waals surface area contributed by atoms with Gasteiger partial charge in [0.15, 0.2) is 0 Å². The molecular weight excluding hydrogens is 899 g/mol. The van der Waals surface area contributed by atoms with Gasteiger partial charge < -0.3 is 88.3 Å². The van der Waals surface area contributed by atoms with Crippen LogP contribution in [-0.4, -0.2) is 300 Å². The summed E-state index contributed by atoms with van der Waals surface area (Å²) >= 11 is 0. The summed E-state index contributed by atoms with van der Waals surface area (Å²) in [6.45, 7) is 36.1. The van der Waals surface area contributed by atoms with E-state index in [-0.39, 0.29) is 5.54 Å². The number of likely N-dealkylation sites (N-methyl/N-ethyl adjacent to an activating group) is 8. The molecule has 11 rings (SSSR count). The summed E-state index contributed by atoms with van der Waals surface area (Å²) in [5, 5.41) is 13.7. The van der Waals surface area contributed by atoms with Crippen molar-refractivity contribution < 1.29 is 0 Å². The van der Waals surface area contributed by atoms with Gasteiger partial charge in [0.2, 0.25) is 0 Å². The number of fused-ring (bicyclic) bond motifs is 1. The number of nitrogens with two attached hydrogens (primary N) is 4. The van der Waals surface area contributed by atoms with Crippen LogP contribution in [0.2, 0.25) is 0 Å². The van der Waals surface area contributed by atoms with Crippen LogP contribution in [0.1, 0.15) is 85.5 Å².